The minimum atomic E-state index is -0.365. The third-order valence-corrected chi connectivity index (χ3v) is 5.97. The monoisotopic (exact) mass is 294 g/mol. The Bertz CT molecular complexity index is 429. The zero-order chi connectivity index (χ0) is 15.3. The molecule has 3 aliphatic rings. The van der Waals surface area contributed by atoms with Crippen LogP contribution in [0.5, 0.6) is 0 Å². The first-order valence-electron chi connectivity index (χ1n) is 8.38. The van der Waals surface area contributed by atoms with Crippen molar-refractivity contribution in [3.63, 3.8) is 0 Å². The van der Waals surface area contributed by atoms with Crippen molar-refractivity contribution in [3.05, 3.63) is 0 Å². The van der Waals surface area contributed by atoms with Crippen LogP contribution < -0.4 is 5.73 Å². The maximum atomic E-state index is 13.2. The van der Waals surface area contributed by atoms with E-state index >= 15 is 0 Å². The summed E-state index contributed by atoms with van der Waals surface area (Å²) < 4.78 is 5.45. The average Bonchev–Trinajstić information content (AvgIpc) is 2.68. The highest BCUT2D eigenvalue weighted by Gasteiger charge is 2.54. The first-order chi connectivity index (χ1) is 9.79. The highest BCUT2D eigenvalue weighted by Crippen LogP contribution is 2.53. The highest BCUT2D eigenvalue weighted by molar-refractivity contribution is 5.84. The fourth-order valence-electron chi connectivity index (χ4n) is 5.27. The van der Waals surface area contributed by atoms with E-state index in [9.17, 15) is 4.79 Å². The Morgan fingerprint density at radius 2 is 1.90 bits per heavy atom. The Hall–Kier alpha value is -0.610. The van der Waals surface area contributed by atoms with Gasteiger partial charge in [0.2, 0.25) is 5.91 Å². The van der Waals surface area contributed by atoms with E-state index in [0.29, 0.717) is 42.5 Å². The first-order valence-corrected chi connectivity index (χ1v) is 8.38. The van der Waals surface area contributed by atoms with Gasteiger partial charge in [-0.3, -0.25) is 4.79 Å². The number of ether oxygens (including phenoxy) is 1. The van der Waals surface area contributed by atoms with Crippen molar-refractivity contribution < 1.29 is 9.53 Å². The summed E-state index contributed by atoms with van der Waals surface area (Å²) in [5.74, 6) is 0.305. The summed E-state index contributed by atoms with van der Waals surface area (Å²) in [6.07, 6.45) is 5.08. The number of carbonyl (C=O) groups is 1. The van der Waals surface area contributed by atoms with Crippen molar-refractivity contribution in [2.24, 2.45) is 22.0 Å². The lowest BCUT2D eigenvalue weighted by molar-refractivity contribution is -0.148. The summed E-state index contributed by atoms with van der Waals surface area (Å²) in [7, 11) is 0. The Kier molecular flexibility index (Phi) is 3.61. The van der Waals surface area contributed by atoms with Gasteiger partial charge in [0.05, 0.1) is 5.41 Å². The van der Waals surface area contributed by atoms with Crippen molar-refractivity contribution in [1.82, 2.24) is 4.90 Å². The molecule has 4 heteroatoms. The molecule has 2 heterocycles. The summed E-state index contributed by atoms with van der Waals surface area (Å²) in [6.45, 7) is 9.76. The molecule has 0 aromatic carbocycles. The molecule has 120 valence electrons. The molecule has 1 amide bonds. The van der Waals surface area contributed by atoms with Gasteiger partial charge in [0, 0.05) is 32.3 Å². The second-order valence-electron chi connectivity index (χ2n) is 8.74. The fraction of sp³-hybridized carbons (Fsp3) is 0.941. The molecule has 2 saturated heterocycles. The van der Waals surface area contributed by atoms with Crippen LogP contribution in [-0.2, 0) is 9.53 Å². The zero-order valence-corrected chi connectivity index (χ0v) is 13.8. The number of nitrogens with two attached hydrogens (primary N) is 1. The smallest absolute Gasteiger partial charge is 0.230 e. The summed E-state index contributed by atoms with van der Waals surface area (Å²) in [5.41, 5.74) is 6.30. The number of fused-ring (bicyclic) bond motifs is 2. The van der Waals surface area contributed by atoms with Crippen LogP contribution in [-0.4, -0.2) is 43.2 Å². The quantitative estimate of drug-likeness (QED) is 0.849. The lowest BCUT2D eigenvalue weighted by Crippen LogP contribution is -2.52. The van der Waals surface area contributed by atoms with E-state index in [1.165, 1.54) is 12.8 Å². The van der Waals surface area contributed by atoms with Crippen LogP contribution in [0.25, 0.3) is 0 Å². The van der Waals surface area contributed by atoms with Gasteiger partial charge in [-0.2, -0.15) is 0 Å². The van der Waals surface area contributed by atoms with Crippen LogP contribution in [0.15, 0.2) is 0 Å². The van der Waals surface area contributed by atoms with Crippen molar-refractivity contribution in [1.29, 1.82) is 0 Å². The first kappa shape index (κ1) is 15.3. The van der Waals surface area contributed by atoms with Gasteiger partial charge in [-0.1, -0.05) is 20.8 Å². The normalized spacial score (nSPS) is 37.5. The lowest BCUT2D eigenvalue weighted by atomic mass is 9.65. The van der Waals surface area contributed by atoms with E-state index in [-0.39, 0.29) is 5.41 Å². The molecule has 2 aliphatic heterocycles. The topological polar surface area (TPSA) is 55.6 Å². The molecular formula is C17H30N2O2. The van der Waals surface area contributed by atoms with Gasteiger partial charge in [-0.25, -0.2) is 0 Å². The van der Waals surface area contributed by atoms with Crippen LogP contribution in [0.4, 0.5) is 0 Å². The van der Waals surface area contributed by atoms with Gasteiger partial charge >= 0.3 is 0 Å². The van der Waals surface area contributed by atoms with Crippen LogP contribution in [0, 0.1) is 16.2 Å². The fourth-order valence-corrected chi connectivity index (χ4v) is 5.27. The number of likely N-dealkylation sites (tertiary alicyclic amines) is 1. The molecule has 2 N–H and O–H groups in total. The van der Waals surface area contributed by atoms with Crippen molar-refractivity contribution in [3.8, 4) is 0 Å². The zero-order valence-electron chi connectivity index (χ0n) is 13.8. The molecule has 0 aromatic rings. The van der Waals surface area contributed by atoms with Gasteiger partial charge in [0.25, 0.3) is 0 Å². The van der Waals surface area contributed by atoms with Gasteiger partial charge in [0.1, 0.15) is 0 Å². The number of hydrogen-bond acceptors (Lipinski definition) is 3. The van der Waals surface area contributed by atoms with E-state index in [4.69, 9.17) is 10.5 Å². The third kappa shape index (κ3) is 2.61. The second-order valence-corrected chi connectivity index (χ2v) is 8.74. The maximum Gasteiger partial charge on any atom is 0.230 e. The summed E-state index contributed by atoms with van der Waals surface area (Å²) in [6, 6.07) is 0.414. The minimum Gasteiger partial charge on any atom is -0.381 e. The van der Waals surface area contributed by atoms with E-state index in [0.717, 1.165) is 25.8 Å². The summed E-state index contributed by atoms with van der Waals surface area (Å²) in [4.78, 5) is 15.4. The standard InChI is InChI=1S/C17H30N2O2/c1-15(2)8-13-9-16(3,10-15)12-19(13)14(20)17(11-18)4-6-21-7-5-17/h13H,4-12,18H2,1-3H3. The number of carbonyl (C=O) groups excluding carboxylic acids is 1. The van der Waals surface area contributed by atoms with Crippen LogP contribution in [0.2, 0.25) is 0 Å². The number of nitrogens with zero attached hydrogens (tertiary/aromatic N) is 1. The molecule has 2 atom stereocenters. The maximum absolute atomic E-state index is 13.2. The van der Waals surface area contributed by atoms with Crippen molar-refractivity contribution in [2.45, 2.75) is 58.9 Å². The minimum absolute atomic E-state index is 0.295. The van der Waals surface area contributed by atoms with E-state index in [1.807, 2.05) is 0 Å². The molecule has 21 heavy (non-hydrogen) atoms. The summed E-state index contributed by atoms with van der Waals surface area (Å²) >= 11 is 0. The molecule has 0 spiro atoms. The second kappa shape index (κ2) is 4.95. The van der Waals surface area contributed by atoms with Crippen LogP contribution in [0.3, 0.4) is 0 Å². The van der Waals surface area contributed by atoms with Gasteiger partial charge in [-0.05, 0) is 42.9 Å². The molecule has 2 bridgehead atoms. The number of rotatable bonds is 2. The van der Waals surface area contributed by atoms with Crippen molar-refractivity contribution in [2.75, 3.05) is 26.3 Å². The Morgan fingerprint density at radius 3 is 2.52 bits per heavy atom. The summed E-state index contributed by atoms with van der Waals surface area (Å²) in [5, 5.41) is 0. The molecule has 0 radical (unpaired) electrons. The highest BCUT2D eigenvalue weighted by atomic mass is 16.5. The predicted molar refractivity (Wildman–Crippen MR) is 82.8 cm³/mol. The van der Waals surface area contributed by atoms with Crippen LogP contribution in [0.1, 0.15) is 52.9 Å². The molecular weight excluding hydrogens is 264 g/mol. The SMILES string of the molecule is CC1(C)CC2CC(C)(CN2C(=O)C2(CN)CCOCC2)C1. The molecule has 3 rings (SSSR count). The lowest BCUT2D eigenvalue weighted by Gasteiger charge is -2.41. The van der Waals surface area contributed by atoms with Crippen LogP contribution >= 0.6 is 0 Å². The number of hydrogen-bond donors (Lipinski definition) is 1. The largest absolute Gasteiger partial charge is 0.381 e. The Labute approximate surface area is 128 Å². The van der Waals surface area contributed by atoms with E-state index < -0.39 is 0 Å². The molecule has 1 aliphatic carbocycles. The Balaban J connectivity index is 1.82. The van der Waals surface area contributed by atoms with Gasteiger partial charge in [0.15, 0.2) is 0 Å². The number of amides is 1. The van der Waals surface area contributed by atoms with Gasteiger partial charge < -0.3 is 15.4 Å². The van der Waals surface area contributed by atoms with Crippen molar-refractivity contribution >= 4 is 5.91 Å². The third-order valence-electron chi connectivity index (χ3n) is 5.97. The molecule has 4 nitrogen and oxygen atoms in total. The molecule has 3 fully saturated rings. The molecule has 2 unspecified atom stereocenters. The predicted octanol–water partition coefficient (Wildman–Crippen LogP) is 2.17. The average molecular weight is 294 g/mol. The van der Waals surface area contributed by atoms with E-state index in [1.54, 1.807) is 0 Å². The Morgan fingerprint density at radius 1 is 1.24 bits per heavy atom. The molecule has 0 aromatic heterocycles. The van der Waals surface area contributed by atoms with Gasteiger partial charge in [-0.15, -0.1) is 0 Å². The molecule has 1 saturated carbocycles. The van der Waals surface area contributed by atoms with E-state index in [2.05, 4.69) is 25.7 Å².